The van der Waals surface area contributed by atoms with Gasteiger partial charge in [0.25, 0.3) is 0 Å². The van der Waals surface area contributed by atoms with Crippen LogP contribution in [0, 0.1) is 11.6 Å². The summed E-state index contributed by atoms with van der Waals surface area (Å²) in [5.74, 6) is -3.63. The van der Waals surface area contributed by atoms with Crippen LogP contribution in [0.25, 0.3) is 0 Å². The highest BCUT2D eigenvalue weighted by molar-refractivity contribution is 7.89. The molecule has 0 saturated carbocycles. The monoisotopic (exact) mass is 511 g/mol. The molecule has 0 unspecified atom stereocenters. The van der Waals surface area contributed by atoms with Crippen LogP contribution < -0.4 is 10.1 Å². The number of nitrogens with one attached hydrogen (secondary N) is 1. The molecule has 7 nitrogen and oxygen atoms in total. The van der Waals surface area contributed by atoms with Crippen LogP contribution in [0.4, 0.5) is 26.3 Å². The van der Waals surface area contributed by atoms with Crippen molar-refractivity contribution in [2.24, 2.45) is 0 Å². The van der Waals surface area contributed by atoms with Crippen molar-refractivity contribution >= 4 is 15.9 Å². The van der Waals surface area contributed by atoms with Gasteiger partial charge in [0.05, 0.1) is 17.9 Å². The molecule has 0 radical (unpaired) electrons. The summed E-state index contributed by atoms with van der Waals surface area (Å²) in [5, 5.41) is 2.43. The van der Waals surface area contributed by atoms with E-state index in [2.05, 4.69) is 10.3 Å². The number of carbonyl (C=O) groups is 1. The van der Waals surface area contributed by atoms with Crippen LogP contribution in [0.1, 0.15) is 18.4 Å². The van der Waals surface area contributed by atoms with E-state index < -0.39 is 76.8 Å². The lowest BCUT2D eigenvalue weighted by Gasteiger charge is -2.23. The van der Waals surface area contributed by atoms with Crippen molar-refractivity contribution in [3.63, 3.8) is 0 Å². The first-order chi connectivity index (χ1) is 15.9. The third-order valence-corrected chi connectivity index (χ3v) is 6.78. The minimum Gasteiger partial charge on any atom is -0.477 e. The fraction of sp³-hybridized carbons (Fsp3) is 0.400. The lowest BCUT2D eigenvalue weighted by atomic mass is 10.2. The summed E-state index contributed by atoms with van der Waals surface area (Å²) in [6.45, 7) is -1.47. The molecule has 0 bridgehead atoms. The van der Waals surface area contributed by atoms with Crippen LogP contribution >= 0.6 is 0 Å². The number of nitrogens with zero attached hydrogens (tertiary/aromatic N) is 2. The molecule has 1 aliphatic heterocycles. The third kappa shape index (κ3) is 6.38. The molecule has 1 saturated heterocycles. The standard InChI is InChI=1S/C20H19F6N3O4S/c21-13-8-17(29(11-13)34(31,32)14-1-2-15(22)16(23)9-14)19(30)28-10-12-3-5-27-18(7-12)33-6-4-20(24,25)26/h1-3,5,7,9,13,17H,4,6,8,10-11H2,(H,28,30)/t13-,17+/m1/s1. The molecule has 2 aromatic rings. The first kappa shape index (κ1) is 25.7. The number of ether oxygens (including phenoxy) is 1. The summed E-state index contributed by atoms with van der Waals surface area (Å²) in [6, 6.07) is 3.15. The van der Waals surface area contributed by atoms with Gasteiger partial charge in [-0.3, -0.25) is 4.79 Å². The maximum absolute atomic E-state index is 14.1. The van der Waals surface area contributed by atoms with E-state index in [1.54, 1.807) is 0 Å². The van der Waals surface area contributed by atoms with E-state index in [1.807, 2.05) is 0 Å². The van der Waals surface area contributed by atoms with Crippen molar-refractivity contribution in [2.45, 2.75) is 42.7 Å². The molecule has 2 atom stereocenters. The zero-order valence-corrected chi connectivity index (χ0v) is 18.2. The maximum Gasteiger partial charge on any atom is 0.392 e. The minimum atomic E-state index is -4.51. The molecule has 3 rings (SSSR count). The lowest BCUT2D eigenvalue weighted by molar-refractivity contribution is -0.139. The van der Waals surface area contributed by atoms with Crippen molar-refractivity contribution < 1.29 is 44.3 Å². The average molecular weight is 511 g/mol. The number of rotatable bonds is 8. The van der Waals surface area contributed by atoms with Crippen LogP contribution in [0.15, 0.2) is 41.4 Å². The summed E-state index contributed by atoms with van der Waals surface area (Å²) in [5.41, 5.74) is 0.384. The predicted molar refractivity (Wildman–Crippen MR) is 106 cm³/mol. The van der Waals surface area contributed by atoms with E-state index in [9.17, 15) is 39.6 Å². The normalized spacial score (nSPS) is 19.2. The van der Waals surface area contributed by atoms with Gasteiger partial charge >= 0.3 is 6.18 Å². The Morgan fingerprint density at radius 3 is 2.59 bits per heavy atom. The SMILES string of the molecule is O=C(NCc1ccnc(OCCC(F)(F)F)c1)[C@@H]1C[C@@H](F)CN1S(=O)(=O)c1ccc(F)c(F)c1. The number of benzene rings is 1. The highest BCUT2D eigenvalue weighted by Crippen LogP contribution is 2.29. The van der Waals surface area contributed by atoms with Gasteiger partial charge in [0.1, 0.15) is 12.2 Å². The van der Waals surface area contributed by atoms with Crippen LogP contribution in [-0.2, 0) is 21.4 Å². The third-order valence-electron chi connectivity index (χ3n) is 4.91. The van der Waals surface area contributed by atoms with E-state index in [1.165, 1.54) is 18.3 Å². The first-order valence-corrected chi connectivity index (χ1v) is 11.3. The molecule has 186 valence electrons. The van der Waals surface area contributed by atoms with Crippen LogP contribution in [0.5, 0.6) is 5.88 Å². The van der Waals surface area contributed by atoms with E-state index in [-0.39, 0.29) is 12.4 Å². The van der Waals surface area contributed by atoms with Crippen molar-refractivity contribution in [2.75, 3.05) is 13.2 Å². The fourth-order valence-electron chi connectivity index (χ4n) is 3.25. The quantitative estimate of drug-likeness (QED) is 0.551. The molecular weight excluding hydrogens is 492 g/mol. The maximum atomic E-state index is 14.1. The Morgan fingerprint density at radius 2 is 1.91 bits per heavy atom. The Balaban J connectivity index is 1.67. The van der Waals surface area contributed by atoms with Gasteiger partial charge in [-0.15, -0.1) is 0 Å². The number of pyridine rings is 1. The summed E-state index contributed by atoms with van der Waals surface area (Å²) in [6.07, 6.45) is -6.43. The average Bonchev–Trinajstić information content (AvgIpc) is 3.16. The number of hydrogen-bond donors (Lipinski definition) is 1. The molecule has 1 aromatic heterocycles. The summed E-state index contributed by atoms with van der Waals surface area (Å²) < 4.78 is 109. The highest BCUT2D eigenvalue weighted by Gasteiger charge is 2.44. The Morgan fingerprint density at radius 1 is 1.18 bits per heavy atom. The van der Waals surface area contributed by atoms with Crippen molar-refractivity contribution in [3.8, 4) is 5.88 Å². The van der Waals surface area contributed by atoms with E-state index in [0.29, 0.717) is 22.0 Å². The number of carbonyl (C=O) groups excluding carboxylic acids is 1. The molecule has 1 fully saturated rings. The fourth-order valence-corrected chi connectivity index (χ4v) is 4.89. The number of amides is 1. The zero-order valence-electron chi connectivity index (χ0n) is 17.4. The van der Waals surface area contributed by atoms with Gasteiger partial charge in [0.2, 0.25) is 21.8 Å². The number of hydrogen-bond acceptors (Lipinski definition) is 5. The summed E-state index contributed by atoms with van der Waals surface area (Å²) in [7, 11) is -4.51. The molecule has 14 heteroatoms. The minimum absolute atomic E-state index is 0.108. The lowest BCUT2D eigenvalue weighted by Crippen LogP contribution is -2.45. The van der Waals surface area contributed by atoms with Crippen LogP contribution in [0.3, 0.4) is 0 Å². The highest BCUT2D eigenvalue weighted by atomic mass is 32.2. The number of halogens is 6. The zero-order chi connectivity index (χ0) is 25.1. The molecule has 1 aliphatic rings. The van der Waals surface area contributed by atoms with Gasteiger partial charge < -0.3 is 10.1 Å². The van der Waals surface area contributed by atoms with Crippen LogP contribution in [-0.4, -0.2) is 55.2 Å². The van der Waals surface area contributed by atoms with Crippen LogP contribution in [0.2, 0.25) is 0 Å². The Labute approximate surface area is 190 Å². The topological polar surface area (TPSA) is 88.6 Å². The van der Waals surface area contributed by atoms with Gasteiger partial charge in [-0.25, -0.2) is 26.6 Å². The first-order valence-electron chi connectivity index (χ1n) is 9.90. The molecule has 2 heterocycles. The van der Waals surface area contributed by atoms with E-state index in [4.69, 9.17) is 4.74 Å². The van der Waals surface area contributed by atoms with E-state index in [0.717, 1.165) is 6.07 Å². The predicted octanol–water partition coefficient (Wildman–Crippen LogP) is 3.11. The Bertz CT molecular complexity index is 1150. The summed E-state index contributed by atoms with van der Waals surface area (Å²) >= 11 is 0. The summed E-state index contributed by atoms with van der Waals surface area (Å²) in [4.78, 5) is 15.8. The van der Waals surface area contributed by atoms with Crippen molar-refractivity contribution in [1.29, 1.82) is 0 Å². The Kier molecular flexibility index (Phi) is 7.70. The van der Waals surface area contributed by atoms with Gasteiger partial charge in [-0.05, 0) is 29.8 Å². The number of aromatic nitrogens is 1. The molecule has 1 aromatic carbocycles. The molecule has 34 heavy (non-hydrogen) atoms. The molecule has 1 amide bonds. The molecule has 0 aliphatic carbocycles. The van der Waals surface area contributed by atoms with Crippen molar-refractivity contribution in [3.05, 3.63) is 53.7 Å². The van der Waals surface area contributed by atoms with Gasteiger partial charge in [-0.2, -0.15) is 17.5 Å². The van der Waals surface area contributed by atoms with Gasteiger partial charge in [0.15, 0.2) is 11.6 Å². The van der Waals surface area contributed by atoms with E-state index >= 15 is 0 Å². The largest absolute Gasteiger partial charge is 0.477 e. The van der Waals surface area contributed by atoms with Crippen molar-refractivity contribution in [1.82, 2.24) is 14.6 Å². The molecule has 0 spiro atoms. The Hall–Kier alpha value is -2.87. The number of alkyl halides is 4. The second-order valence-corrected chi connectivity index (χ2v) is 9.32. The van der Waals surface area contributed by atoms with Gasteiger partial charge in [0, 0.05) is 31.8 Å². The second kappa shape index (κ2) is 10.2. The molecular formula is C20H19F6N3O4S. The second-order valence-electron chi connectivity index (χ2n) is 7.43. The number of sulfonamides is 1. The molecule has 1 N–H and O–H groups in total. The van der Waals surface area contributed by atoms with Gasteiger partial charge in [-0.1, -0.05) is 0 Å². The smallest absolute Gasteiger partial charge is 0.392 e.